The van der Waals surface area contributed by atoms with Crippen LogP contribution in [0.5, 0.6) is 0 Å². The lowest BCUT2D eigenvalue weighted by molar-refractivity contribution is -0.139. The van der Waals surface area contributed by atoms with Crippen molar-refractivity contribution < 1.29 is 14.3 Å². The van der Waals surface area contributed by atoms with Crippen molar-refractivity contribution in [3.05, 3.63) is 34.6 Å². The Morgan fingerprint density at radius 1 is 1.48 bits per heavy atom. The fourth-order valence-electron chi connectivity index (χ4n) is 3.29. The summed E-state index contributed by atoms with van der Waals surface area (Å²) in [6.07, 6.45) is 0.619. The molecule has 4 atom stereocenters. The highest BCUT2D eigenvalue weighted by molar-refractivity contribution is 6.30. The summed E-state index contributed by atoms with van der Waals surface area (Å²) in [6.45, 7) is 6.06. The zero-order valence-electron chi connectivity index (χ0n) is 13.3. The Labute approximate surface area is 140 Å². The first-order valence-corrected chi connectivity index (χ1v) is 7.86. The average Bonchev–Trinajstić information content (AvgIpc) is 2.78. The molecule has 1 aliphatic rings. The van der Waals surface area contributed by atoms with Crippen LogP contribution in [0.4, 0.5) is 4.39 Å². The maximum absolute atomic E-state index is 14.4. The smallest absolute Gasteiger partial charge is 0.321 e. The SMILES string of the molecule is CC(C)(C)CC1NC(C(=O)O)C(c2cccc(Cl)c2F)C1C#N. The third-order valence-electron chi connectivity index (χ3n) is 4.16. The molecule has 4 unspecified atom stereocenters. The van der Waals surface area contributed by atoms with Crippen molar-refractivity contribution in [2.45, 2.75) is 45.2 Å². The quantitative estimate of drug-likeness (QED) is 0.883. The van der Waals surface area contributed by atoms with Crippen molar-refractivity contribution in [3.63, 3.8) is 0 Å². The Kier molecular flexibility index (Phi) is 4.98. The summed E-state index contributed by atoms with van der Waals surface area (Å²) in [5, 5.41) is 22.0. The lowest BCUT2D eigenvalue weighted by Crippen LogP contribution is -2.39. The van der Waals surface area contributed by atoms with Crippen LogP contribution in [-0.4, -0.2) is 23.2 Å². The van der Waals surface area contributed by atoms with Gasteiger partial charge in [0.05, 0.1) is 17.0 Å². The zero-order chi connectivity index (χ0) is 17.4. The summed E-state index contributed by atoms with van der Waals surface area (Å²) < 4.78 is 14.4. The lowest BCUT2D eigenvalue weighted by Gasteiger charge is -2.25. The number of hydrogen-bond acceptors (Lipinski definition) is 3. The van der Waals surface area contributed by atoms with Crippen molar-refractivity contribution in [2.75, 3.05) is 0 Å². The van der Waals surface area contributed by atoms with E-state index in [2.05, 4.69) is 11.4 Å². The monoisotopic (exact) mass is 338 g/mol. The molecular weight excluding hydrogens is 319 g/mol. The largest absolute Gasteiger partial charge is 0.480 e. The molecule has 4 nitrogen and oxygen atoms in total. The first-order valence-electron chi connectivity index (χ1n) is 7.48. The summed E-state index contributed by atoms with van der Waals surface area (Å²) in [4.78, 5) is 11.6. The van der Waals surface area contributed by atoms with Gasteiger partial charge in [0, 0.05) is 12.0 Å². The summed E-state index contributed by atoms with van der Waals surface area (Å²) in [5.41, 5.74) is 0.0952. The number of carboxylic acid groups (broad SMARTS) is 1. The van der Waals surface area contributed by atoms with Crippen molar-refractivity contribution in [2.24, 2.45) is 11.3 Å². The van der Waals surface area contributed by atoms with E-state index in [4.69, 9.17) is 11.6 Å². The van der Waals surface area contributed by atoms with Crippen LogP contribution in [-0.2, 0) is 4.79 Å². The second-order valence-corrected chi connectivity index (χ2v) is 7.58. The zero-order valence-corrected chi connectivity index (χ0v) is 14.1. The maximum Gasteiger partial charge on any atom is 0.321 e. The molecule has 0 bridgehead atoms. The molecule has 0 aliphatic carbocycles. The molecule has 1 aromatic carbocycles. The molecule has 0 aromatic heterocycles. The molecule has 1 saturated heterocycles. The lowest BCUT2D eigenvalue weighted by atomic mass is 9.78. The van der Waals surface area contributed by atoms with Crippen LogP contribution in [0.1, 0.15) is 38.7 Å². The summed E-state index contributed by atoms with van der Waals surface area (Å²) >= 11 is 5.83. The van der Waals surface area contributed by atoms with Gasteiger partial charge in [0.1, 0.15) is 11.9 Å². The average molecular weight is 339 g/mol. The molecule has 0 spiro atoms. The van der Waals surface area contributed by atoms with Gasteiger partial charge in [-0.3, -0.25) is 10.1 Å². The van der Waals surface area contributed by atoms with E-state index in [1.165, 1.54) is 12.1 Å². The molecule has 2 rings (SSSR count). The van der Waals surface area contributed by atoms with E-state index >= 15 is 0 Å². The molecule has 6 heteroatoms. The fourth-order valence-corrected chi connectivity index (χ4v) is 3.47. The maximum atomic E-state index is 14.4. The van der Waals surface area contributed by atoms with Gasteiger partial charge >= 0.3 is 5.97 Å². The highest BCUT2D eigenvalue weighted by Gasteiger charge is 2.49. The molecule has 0 amide bonds. The van der Waals surface area contributed by atoms with Crippen LogP contribution in [0.15, 0.2) is 18.2 Å². The second-order valence-electron chi connectivity index (χ2n) is 7.18. The van der Waals surface area contributed by atoms with Gasteiger partial charge in [0.15, 0.2) is 0 Å². The van der Waals surface area contributed by atoms with Crippen LogP contribution in [0.2, 0.25) is 5.02 Å². The van der Waals surface area contributed by atoms with E-state index in [0.717, 1.165) is 0 Å². The number of nitriles is 1. The minimum Gasteiger partial charge on any atom is -0.480 e. The number of carbonyl (C=O) groups is 1. The number of aliphatic carboxylic acids is 1. The molecule has 0 saturated carbocycles. The number of hydrogen-bond donors (Lipinski definition) is 2. The third kappa shape index (κ3) is 3.65. The standard InChI is InChI=1S/C17H20ClFN2O2/c1-17(2,3)7-12-10(8-20)13(15(21-12)16(22)23)9-5-4-6-11(18)14(9)19/h4-6,10,12-13,15,21H,7H2,1-3H3,(H,22,23). The van der Waals surface area contributed by atoms with Gasteiger partial charge in [-0.1, -0.05) is 44.5 Å². The number of halogens is 2. The van der Waals surface area contributed by atoms with E-state index in [9.17, 15) is 19.6 Å². The number of rotatable bonds is 3. The van der Waals surface area contributed by atoms with Gasteiger partial charge in [-0.05, 0) is 23.5 Å². The summed E-state index contributed by atoms with van der Waals surface area (Å²) in [5.74, 6) is -3.15. The molecule has 1 aliphatic heterocycles. The first kappa shape index (κ1) is 17.7. The minimum absolute atomic E-state index is 0.0670. The van der Waals surface area contributed by atoms with E-state index in [-0.39, 0.29) is 22.0 Å². The molecule has 1 aromatic rings. The van der Waals surface area contributed by atoms with Crippen LogP contribution in [0.3, 0.4) is 0 Å². The summed E-state index contributed by atoms with van der Waals surface area (Å²) in [6, 6.07) is 5.34. The predicted octanol–water partition coefficient (Wildman–Crippen LogP) is 3.56. The van der Waals surface area contributed by atoms with Gasteiger partial charge in [0.2, 0.25) is 0 Å². The first-order chi connectivity index (χ1) is 10.7. The molecule has 2 N–H and O–H groups in total. The van der Waals surface area contributed by atoms with E-state index in [0.29, 0.717) is 6.42 Å². The fraction of sp³-hybridized carbons (Fsp3) is 0.529. The Morgan fingerprint density at radius 3 is 2.65 bits per heavy atom. The molecule has 124 valence electrons. The molecule has 23 heavy (non-hydrogen) atoms. The van der Waals surface area contributed by atoms with Crippen LogP contribution < -0.4 is 5.32 Å². The number of carboxylic acids is 1. The van der Waals surface area contributed by atoms with Crippen LogP contribution in [0.25, 0.3) is 0 Å². The van der Waals surface area contributed by atoms with Crippen molar-refractivity contribution in [3.8, 4) is 6.07 Å². The van der Waals surface area contributed by atoms with Crippen molar-refractivity contribution in [1.29, 1.82) is 5.26 Å². The van der Waals surface area contributed by atoms with Gasteiger partial charge in [-0.15, -0.1) is 0 Å². The van der Waals surface area contributed by atoms with Gasteiger partial charge in [-0.2, -0.15) is 5.26 Å². The Hall–Kier alpha value is -1.64. The van der Waals surface area contributed by atoms with Crippen molar-refractivity contribution >= 4 is 17.6 Å². The topological polar surface area (TPSA) is 73.1 Å². The Balaban J connectivity index is 2.47. The third-order valence-corrected chi connectivity index (χ3v) is 4.45. The molecule has 1 heterocycles. The Morgan fingerprint density at radius 2 is 2.13 bits per heavy atom. The van der Waals surface area contributed by atoms with Gasteiger partial charge in [0.25, 0.3) is 0 Å². The van der Waals surface area contributed by atoms with Gasteiger partial charge in [-0.25, -0.2) is 4.39 Å². The predicted molar refractivity (Wildman–Crippen MR) is 85.7 cm³/mol. The normalized spacial score (nSPS) is 27.7. The second kappa shape index (κ2) is 6.46. The highest BCUT2D eigenvalue weighted by atomic mass is 35.5. The molecule has 0 radical (unpaired) electrons. The molecule has 1 fully saturated rings. The number of nitrogens with one attached hydrogen (secondary N) is 1. The van der Waals surface area contributed by atoms with E-state index in [1.807, 2.05) is 20.8 Å². The number of nitrogens with zero attached hydrogens (tertiary/aromatic N) is 1. The Bertz CT molecular complexity index is 651. The van der Waals surface area contributed by atoms with Gasteiger partial charge < -0.3 is 5.11 Å². The minimum atomic E-state index is -1.09. The molecular formula is C17H20ClFN2O2. The van der Waals surface area contributed by atoms with Crippen molar-refractivity contribution in [1.82, 2.24) is 5.32 Å². The highest BCUT2D eigenvalue weighted by Crippen LogP contribution is 2.41. The van der Waals surface area contributed by atoms with Crippen LogP contribution in [0, 0.1) is 28.5 Å². The number of benzene rings is 1. The summed E-state index contributed by atoms with van der Waals surface area (Å²) in [7, 11) is 0. The van der Waals surface area contributed by atoms with E-state index < -0.39 is 29.7 Å². The van der Waals surface area contributed by atoms with E-state index in [1.54, 1.807) is 6.07 Å². The van der Waals surface area contributed by atoms with Crippen LogP contribution >= 0.6 is 11.6 Å².